The van der Waals surface area contributed by atoms with Gasteiger partial charge in [-0.2, -0.15) is 0 Å². The molecule has 5 nitrogen and oxygen atoms in total. The van der Waals surface area contributed by atoms with Crippen molar-refractivity contribution in [1.82, 2.24) is 0 Å². The molecule has 0 aliphatic rings. The van der Waals surface area contributed by atoms with Gasteiger partial charge in [-0.1, -0.05) is 54.6 Å². The Morgan fingerprint density at radius 1 is 0.893 bits per heavy atom. The van der Waals surface area contributed by atoms with Gasteiger partial charge in [0.25, 0.3) is 10.0 Å². The van der Waals surface area contributed by atoms with Crippen molar-refractivity contribution in [2.45, 2.75) is 4.90 Å². The van der Waals surface area contributed by atoms with Crippen molar-refractivity contribution >= 4 is 33.4 Å². The number of nitrogens with zero attached hydrogens (tertiary/aromatic N) is 1. The van der Waals surface area contributed by atoms with E-state index in [-0.39, 0.29) is 10.8 Å². The first-order valence-electron chi connectivity index (χ1n) is 8.65. The number of benzene rings is 3. The highest BCUT2D eigenvalue weighted by Crippen LogP contribution is 2.23. The predicted molar refractivity (Wildman–Crippen MR) is 113 cm³/mol. The van der Waals surface area contributed by atoms with Crippen LogP contribution < -0.4 is 9.62 Å². The molecule has 0 spiro atoms. The smallest absolute Gasteiger partial charge is 0.264 e. The van der Waals surface area contributed by atoms with Crippen LogP contribution in [-0.4, -0.2) is 21.4 Å². The number of amides is 1. The summed E-state index contributed by atoms with van der Waals surface area (Å²) in [6.45, 7) is 0. The van der Waals surface area contributed by atoms with Gasteiger partial charge in [0.2, 0.25) is 5.91 Å². The highest BCUT2D eigenvalue weighted by atomic mass is 32.2. The van der Waals surface area contributed by atoms with E-state index in [1.807, 2.05) is 36.4 Å². The minimum atomic E-state index is -3.74. The molecule has 142 valence electrons. The molecule has 6 heteroatoms. The number of anilines is 2. The van der Waals surface area contributed by atoms with E-state index < -0.39 is 10.0 Å². The van der Waals surface area contributed by atoms with Gasteiger partial charge in [-0.05, 0) is 42.0 Å². The number of carbonyl (C=O) groups excluding carboxylic acids is 1. The Balaban J connectivity index is 1.76. The van der Waals surface area contributed by atoms with Crippen molar-refractivity contribution in [2.75, 3.05) is 16.7 Å². The standard InChI is InChI=1S/C22H20N2O3S/c1-24(20-12-6-3-7-13-20)28(26,27)21-14-8-11-19(17-21)23-22(25)16-15-18-9-4-2-5-10-18/h2-17H,1H3,(H,23,25)/b16-15+. The van der Waals surface area contributed by atoms with Crippen LogP contribution in [-0.2, 0) is 14.8 Å². The Morgan fingerprint density at radius 2 is 1.54 bits per heavy atom. The van der Waals surface area contributed by atoms with E-state index in [0.717, 1.165) is 5.56 Å². The third kappa shape index (κ3) is 4.66. The van der Waals surface area contributed by atoms with Gasteiger partial charge >= 0.3 is 0 Å². The highest BCUT2D eigenvalue weighted by molar-refractivity contribution is 7.92. The van der Waals surface area contributed by atoms with E-state index in [2.05, 4.69) is 5.32 Å². The maximum absolute atomic E-state index is 12.9. The first kappa shape index (κ1) is 19.4. The van der Waals surface area contributed by atoms with Crippen molar-refractivity contribution in [3.05, 3.63) is 96.6 Å². The molecule has 28 heavy (non-hydrogen) atoms. The monoisotopic (exact) mass is 392 g/mol. The van der Waals surface area contributed by atoms with Crippen LogP contribution in [0.15, 0.2) is 95.9 Å². The number of hydrogen-bond acceptors (Lipinski definition) is 3. The highest BCUT2D eigenvalue weighted by Gasteiger charge is 2.21. The van der Waals surface area contributed by atoms with Crippen LogP contribution in [0.1, 0.15) is 5.56 Å². The fourth-order valence-electron chi connectivity index (χ4n) is 2.59. The largest absolute Gasteiger partial charge is 0.322 e. The summed E-state index contributed by atoms with van der Waals surface area (Å²) in [5, 5.41) is 2.69. The fraction of sp³-hybridized carbons (Fsp3) is 0.0455. The zero-order valence-electron chi connectivity index (χ0n) is 15.3. The van der Waals surface area contributed by atoms with Gasteiger partial charge < -0.3 is 5.32 Å². The molecule has 0 aliphatic carbocycles. The summed E-state index contributed by atoms with van der Waals surface area (Å²) in [5.74, 6) is -0.338. The van der Waals surface area contributed by atoms with Crippen LogP contribution in [0.3, 0.4) is 0 Å². The molecule has 0 heterocycles. The summed E-state index contributed by atoms with van der Waals surface area (Å²) in [7, 11) is -2.24. The van der Waals surface area contributed by atoms with Gasteiger partial charge in [0, 0.05) is 18.8 Å². The van der Waals surface area contributed by atoms with Gasteiger partial charge in [-0.15, -0.1) is 0 Å². The molecule has 3 rings (SSSR count). The first-order valence-corrected chi connectivity index (χ1v) is 10.1. The van der Waals surface area contributed by atoms with Crippen LogP contribution in [0.25, 0.3) is 6.08 Å². The average molecular weight is 392 g/mol. The lowest BCUT2D eigenvalue weighted by Gasteiger charge is -2.19. The molecule has 0 bridgehead atoms. The van der Waals surface area contributed by atoms with E-state index in [9.17, 15) is 13.2 Å². The molecule has 1 amide bonds. The molecular weight excluding hydrogens is 372 g/mol. The second-order valence-corrected chi connectivity index (χ2v) is 8.04. The van der Waals surface area contributed by atoms with Crippen molar-refractivity contribution in [1.29, 1.82) is 0 Å². The first-order chi connectivity index (χ1) is 13.5. The lowest BCUT2D eigenvalue weighted by molar-refractivity contribution is -0.111. The molecule has 3 aromatic rings. The Kier molecular flexibility index (Phi) is 5.91. The predicted octanol–water partition coefficient (Wildman–Crippen LogP) is 4.16. The van der Waals surface area contributed by atoms with Crippen LogP contribution in [0.5, 0.6) is 0 Å². The lowest BCUT2D eigenvalue weighted by Crippen LogP contribution is -2.26. The average Bonchev–Trinajstić information content (AvgIpc) is 2.73. The van der Waals surface area contributed by atoms with Crippen molar-refractivity contribution in [3.8, 4) is 0 Å². The Hall–Kier alpha value is -3.38. The zero-order chi connectivity index (χ0) is 20.0. The van der Waals surface area contributed by atoms with Gasteiger partial charge in [0.05, 0.1) is 10.6 Å². The molecule has 0 fully saturated rings. The normalized spacial score (nSPS) is 11.3. The summed E-state index contributed by atoms with van der Waals surface area (Å²) in [4.78, 5) is 12.2. The van der Waals surface area contributed by atoms with Gasteiger partial charge in [-0.3, -0.25) is 9.10 Å². The fourth-order valence-corrected chi connectivity index (χ4v) is 3.83. The molecule has 0 aliphatic heterocycles. The summed E-state index contributed by atoms with van der Waals surface area (Å²) >= 11 is 0. The van der Waals surface area contributed by atoms with Crippen LogP contribution in [0.2, 0.25) is 0 Å². The van der Waals surface area contributed by atoms with E-state index in [1.165, 1.54) is 29.6 Å². The number of para-hydroxylation sites is 1. The minimum Gasteiger partial charge on any atom is -0.322 e. The topological polar surface area (TPSA) is 66.5 Å². The van der Waals surface area contributed by atoms with Gasteiger partial charge in [-0.25, -0.2) is 8.42 Å². The van der Waals surface area contributed by atoms with Crippen LogP contribution in [0.4, 0.5) is 11.4 Å². The third-order valence-electron chi connectivity index (χ3n) is 4.11. The van der Waals surface area contributed by atoms with Crippen LogP contribution >= 0.6 is 0 Å². The molecule has 0 aromatic heterocycles. The van der Waals surface area contributed by atoms with Crippen molar-refractivity contribution in [3.63, 3.8) is 0 Å². The maximum Gasteiger partial charge on any atom is 0.264 e. The van der Waals surface area contributed by atoms with Crippen molar-refractivity contribution in [2.24, 2.45) is 0 Å². The molecule has 0 atom stereocenters. The van der Waals surface area contributed by atoms with E-state index in [0.29, 0.717) is 11.4 Å². The molecular formula is C22H20N2O3S. The SMILES string of the molecule is CN(c1ccccc1)S(=O)(=O)c1cccc(NC(=O)/C=C/c2ccccc2)c1. The molecule has 3 aromatic carbocycles. The second kappa shape index (κ2) is 8.54. The van der Waals surface area contributed by atoms with Crippen LogP contribution in [0, 0.1) is 0 Å². The molecule has 0 radical (unpaired) electrons. The molecule has 0 saturated carbocycles. The summed E-state index contributed by atoms with van der Waals surface area (Å²) in [6.07, 6.45) is 3.10. The molecule has 0 unspecified atom stereocenters. The number of sulfonamides is 1. The maximum atomic E-state index is 12.9. The summed E-state index contributed by atoms with van der Waals surface area (Å²) in [6, 6.07) is 24.4. The quantitative estimate of drug-likeness (QED) is 0.641. The van der Waals surface area contributed by atoms with E-state index in [4.69, 9.17) is 0 Å². The lowest BCUT2D eigenvalue weighted by atomic mass is 10.2. The third-order valence-corrected chi connectivity index (χ3v) is 5.89. The number of hydrogen-bond donors (Lipinski definition) is 1. The van der Waals surface area contributed by atoms with E-state index in [1.54, 1.807) is 42.5 Å². The second-order valence-electron chi connectivity index (χ2n) is 6.07. The minimum absolute atomic E-state index is 0.101. The molecule has 1 N–H and O–H groups in total. The number of carbonyl (C=O) groups is 1. The zero-order valence-corrected chi connectivity index (χ0v) is 16.1. The molecule has 0 saturated heterocycles. The number of rotatable bonds is 6. The summed E-state index contributed by atoms with van der Waals surface area (Å²) < 4.78 is 27.0. The Bertz CT molecular complexity index is 1080. The van der Waals surface area contributed by atoms with Gasteiger partial charge in [0.15, 0.2) is 0 Å². The van der Waals surface area contributed by atoms with Crippen molar-refractivity contribution < 1.29 is 13.2 Å². The number of nitrogens with one attached hydrogen (secondary N) is 1. The summed E-state index contributed by atoms with van der Waals surface area (Å²) in [5.41, 5.74) is 1.87. The Morgan fingerprint density at radius 3 is 2.21 bits per heavy atom. The van der Waals surface area contributed by atoms with E-state index >= 15 is 0 Å². The van der Waals surface area contributed by atoms with Gasteiger partial charge in [0.1, 0.15) is 0 Å². The Labute approximate surface area is 165 Å².